The molecule has 3 atom stereocenters. The van der Waals surface area contributed by atoms with Crippen molar-refractivity contribution in [3.63, 3.8) is 0 Å². The molecule has 1 aliphatic heterocycles. The minimum atomic E-state index is -1.76. The molecular formula is C11H15FO4. The summed E-state index contributed by atoms with van der Waals surface area (Å²) < 4.78 is 18.3. The highest BCUT2D eigenvalue weighted by Gasteiger charge is 2.42. The monoisotopic (exact) mass is 230 g/mol. The molecule has 0 amide bonds. The zero-order valence-corrected chi connectivity index (χ0v) is 8.77. The second-order valence-corrected chi connectivity index (χ2v) is 4.16. The Kier molecular flexibility index (Phi) is 3.01. The first-order chi connectivity index (χ1) is 7.55. The third kappa shape index (κ3) is 1.98. The fraction of sp³-hybridized carbons (Fsp3) is 0.636. The summed E-state index contributed by atoms with van der Waals surface area (Å²) in [7, 11) is 0. The van der Waals surface area contributed by atoms with E-state index in [4.69, 9.17) is 9.84 Å². The van der Waals surface area contributed by atoms with Gasteiger partial charge in [0.1, 0.15) is 18.0 Å². The lowest BCUT2D eigenvalue weighted by atomic mass is 9.91. The number of aliphatic hydroxyl groups is 3. The summed E-state index contributed by atoms with van der Waals surface area (Å²) in [6.07, 6.45) is 1.47. The van der Waals surface area contributed by atoms with Crippen molar-refractivity contribution in [2.75, 3.05) is 6.61 Å². The van der Waals surface area contributed by atoms with Gasteiger partial charge in [-0.15, -0.1) is 0 Å². The third-order valence-corrected chi connectivity index (χ3v) is 2.96. The van der Waals surface area contributed by atoms with Gasteiger partial charge in [-0.3, -0.25) is 0 Å². The van der Waals surface area contributed by atoms with Crippen LogP contribution < -0.4 is 0 Å². The number of allylic oxidation sites excluding steroid dienone is 3. The van der Waals surface area contributed by atoms with Crippen LogP contribution in [-0.4, -0.2) is 40.0 Å². The van der Waals surface area contributed by atoms with Crippen molar-refractivity contribution in [1.29, 1.82) is 0 Å². The van der Waals surface area contributed by atoms with Crippen molar-refractivity contribution >= 4 is 0 Å². The van der Waals surface area contributed by atoms with Gasteiger partial charge in [-0.1, -0.05) is 0 Å². The molecule has 0 aromatic carbocycles. The maximum Gasteiger partial charge on any atom is 0.236 e. The molecule has 2 rings (SSSR count). The fourth-order valence-corrected chi connectivity index (χ4v) is 1.97. The van der Waals surface area contributed by atoms with Crippen LogP contribution in [-0.2, 0) is 4.74 Å². The van der Waals surface area contributed by atoms with E-state index >= 15 is 0 Å². The van der Waals surface area contributed by atoms with Gasteiger partial charge in [-0.2, -0.15) is 0 Å². The van der Waals surface area contributed by atoms with E-state index in [1.54, 1.807) is 6.08 Å². The lowest BCUT2D eigenvalue weighted by Crippen LogP contribution is -2.49. The topological polar surface area (TPSA) is 69.9 Å². The Morgan fingerprint density at radius 3 is 3.06 bits per heavy atom. The van der Waals surface area contributed by atoms with E-state index in [-0.39, 0.29) is 12.8 Å². The highest BCUT2D eigenvalue weighted by Crippen LogP contribution is 2.37. The summed E-state index contributed by atoms with van der Waals surface area (Å²) in [6, 6.07) is 0. The molecule has 2 unspecified atom stereocenters. The van der Waals surface area contributed by atoms with Gasteiger partial charge in [0.2, 0.25) is 5.79 Å². The van der Waals surface area contributed by atoms with Crippen LogP contribution in [0, 0.1) is 0 Å². The van der Waals surface area contributed by atoms with Crippen molar-refractivity contribution in [2.24, 2.45) is 0 Å². The minimum Gasteiger partial charge on any atom is -0.460 e. The lowest BCUT2D eigenvalue weighted by Gasteiger charge is -2.39. The molecule has 3 N–H and O–H groups in total. The number of rotatable bonds is 2. The molecule has 1 aliphatic carbocycles. The predicted molar refractivity (Wildman–Crippen MR) is 54.0 cm³/mol. The second kappa shape index (κ2) is 4.16. The van der Waals surface area contributed by atoms with Gasteiger partial charge in [0.15, 0.2) is 0 Å². The zero-order chi connectivity index (χ0) is 11.8. The normalized spacial score (nSPS) is 35.6. The van der Waals surface area contributed by atoms with E-state index in [9.17, 15) is 14.6 Å². The summed E-state index contributed by atoms with van der Waals surface area (Å²) in [5.41, 5.74) is 0.716. The van der Waals surface area contributed by atoms with Gasteiger partial charge in [-0.25, -0.2) is 4.39 Å². The third-order valence-electron chi connectivity index (χ3n) is 2.96. The molecule has 0 spiro atoms. The molecule has 90 valence electrons. The summed E-state index contributed by atoms with van der Waals surface area (Å²) in [5.74, 6) is -1.35. The van der Waals surface area contributed by atoms with Crippen LogP contribution >= 0.6 is 0 Å². The molecule has 16 heavy (non-hydrogen) atoms. The molecule has 0 saturated carbocycles. The van der Waals surface area contributed by atoms with E-state index in [2.05, 4.69) is 0 Å². The predicted octanol–water partition coefficient (Wildman–Crippen LogP) is 0.391. The Bertz CT molecular complexity index is 339. The van der Waals surface area contributed by atoms with Gasteiger partial charge in [0.05, 0.1) is 6.61 Å². The first-order valence-electron chi connectivity index (χ1n) is 5.31. The van der Waals surface area contributed by atoms with Crippen molar-refractivity contribution in [3.05, 3.63) is 23.5 Å². The largest absolute Gasteiger partial charge is 0.460 e. The SMILES string of the molecule is OCC(O)[C@]1(O)CCC2=CC(F)CC=C2O1. The number of halogens is 1. The van der Waals surface area contributed by atoms with Crippen LogP contribution in [0.4, 0.5) is 4.39 Å². The number of hydrogen-bond donors (Lipinski definition) is 3. The van der Waals surface area contributed by atoms with Crippen molar-refractivity contribution in [2.45, 2.75) is 37.3 Å². The molecule has 0 radical (unpaired) electrons. The van der Waals surface area contributed by atoms with Crippen LogP contribution in [0.15, 0.2) is 23.5 Å². The number of hydrogen-bond acceptors (Lipinski definition) is 4. The standard InChI is InChI=1S/C11H15FO4/c12-8-1-2-9-7(5-8)3-4-11(15,16-9)10(14)6-13/h2,5,8,10,13-15H,1,3-4,6H2/t8?,10?,11-/m0/s1. The maximum atomic E-state index is 13.0. The van der Waals surface area contributed by atoms with Crippen LogP contribution in [0.1, 0.15) is 19.3 Å². The second-order valence-electron chi connectivity index (χ2n) is 4.16. The molecule has 5 heteroatoms. The van der Waals surface area contributed by atoms with Crippen molar-refractivity contribution < 1.29 is 24.4 Å². The lowest BCUT2D eigenvalue weighted by molar-refractivity contribution is -0.252. The summed E-state index contributed by atoms with van der Waals surface area (Å²) >= 11 is 0. The van der Waals surface area contributed by atoms with Gasteiger partial charge < -0.3 is 20.1 Å². The molecule has 2 aliphatic rings. The Morgan fingerprint density at radius 1 is 1.62 bits per heavy atom. The first kappa shape index (κ1) is 11.6. The highest BCUT2D eigenvalue weighted by atomic mass is 19.1. The van der Waals surface area contributed by atoms with Gasteiger partial charge in [0, 0.05) is 12.8 Å². The number of ether oxygens (including phenoxy) is 1. The van der Waals surface area contributed by atoms with Crippen LogP contribution in [0.25, 0.3) is 0 Å². The molecular weight excluding hydrogens is 215 g/mol. The van der Waals surface area contributed by atoms with E-state index in [1.165, 1.54) is 6.08 Å². The number of aliphatic hydroxyl groups excluding tert-OH is 2. The molecule has 1 saturated heterocycles. The van der Waals surface area contributed by atoms with Gasteiger partial charge >= 0.3 is 0 Å². The fourth-order valence-electron chi connectivity index (χ4n) is 1.97. The van der Waals surface area contributed by atoms with Crippen LogP contribution in [0.2, 0.25) is 0 Å². The molecule has 0 aromatic rings. The average molecular weight is 230 g/mol. The van der Waals surface area contributed by atoms with Gasteiger partial charge in [-0.05, 0) is 24.1 Å². The average Bonchev–Trinajstić information content (AvgIpc) is 2.28. The highest BCUT2D eigenvalue weighted by molar-refractivity contribution is 5.33. The zero-order valence-electron chi connectivity index (χ0n) is 8.77. The smallest absolute Gasteiger partial charge is 0.236 e. The van der Waals surface area contributed by atoms with E-state index < -0.39 is 24.7 Å². The molecule has 1 heterocycles. The molecule has 1 fully saturated rings. The Hall–Kier alpha value is -0.910. The Labute approximate surface area is 92.7 Å². The minimum absolute atomic E-state index is 0.143. The van der Waals surface area contributed by atoms with E-state index in [0.29, 0.717) is 17.8 Å². The molecule has 0 aromatic heterocycles. The van der Waals surface area contributed by atoms with E-state index in [0.717, 1.165) is 0 Å². The first-order valence-corrected chi connectivity index (χ1v) is 5.31. The van der Waals surface area contributed by atoms with Crippen LogP contribution in [0.3, 0.4) is 0 Å². The number of alkyl halides is 1. The molecule has 0 bridgehead atoms. The summed E-state index contributed by atoms with van der Waals surface area (Å²) in [5, 5.41) is 28.2. The van der Waals surface area contributed by atoms with Crippen molar-refractivity contribution in [3.8, 4) is 0 Å². The summed E-state index contributed by atoms with van der Waals surface area (Å²) in [4.78, 5) is 0. The maximum absolute atomic E-state index is 13.0. The Morgan fingerprint density at radius 2 is 2.38 bits per heavy atom. The molecule has 4 nitrogen and oxygen atoms in total. The Balaban J connectivity index is 2.15. The number of fused-ring (bicyclic) bond motifs is 1. The van der Waals surface area contributed by atoms with Gasteiger partial charge in [0.25, 0.3) is 0 Å². The quantitative estimate of drug-likeness (QED) is 0.642. The van der Waals surface area contributed by atoms with E-state index in [1.807, 2.05) is 0 Å². The summed E-state index contributed by atoms with van der Waals surface area (Å²) in [6.45, 7) is -0.575. The van der Waals surface area contributed by atoms with Crippen LogP contribution in [0.5, 0.6) is 0 Å². The van der Waals surface area contributed by atoms with Crippen molar-refractivity contribution in [1.82, 2.24) is 0 Å².